The molecular formula is C22H32O6. The maximum atomic E-state index is 13.4. The Balaban J connectivity index is 1.91. The molecular weight excluding hydrogens is 360 g/mol. The summed E-state index contributed by atoms with van der Waals surface area (Å²) in [5.41, 5.74) is -1.61. The van der Waals surface area contributed by atoms with Crippen LogP contribution < -0.4 is 0 Å². The Morgan fingerprint density at radius 3 is 2.39 bits per heavy atom. The fourth-order valence-electron chi connectivity index (χ4n) is 7.88. The lowest BCUT2D eigenvalue weighted by Gasteiger charge is -2.66. The van der Waals surface area contributed by atoms with Crippen molar-refractivity contribution in [2.75, 3.05) is 0 Å². The van der Waals surface area contributed by atoms with E-state index in [-0.39, 0.29) is 18.1 Å². The van der Waals surface area contributed by atoms with E-state index in [1.807, 2.05) is 20.8 Å². The lowest BCUT2D eigenvalue weighted by molar-refractivity contribution is -0.258. The van der Waals surface area contributed by atoms with E-state index in [9.17, 15) is 24.9 Å². The van der Waals surface area contributed by atoms with Crippen molar-refractivity contribution < 1.29 is 29.6 Å². The zero-order chi connectivity index (χ0) is 20.8. The molecule has 6 nitrogen and oxygen atoms in total. The molecule has 4 fully saturated rings. The number of hydrogen-bond acceptors (Lipinski definition) is 6. The van der Waals surface area contributed by atoms with Gasteiger partial charge in [0.05, 0.1) is 18.3 Å². The number of Topliss-reactive ketones (excluding diaryl/α,β-unsaturated/α-hetero) is 1. The van der Waals surface area contributed by atoms with Gasteiger partial charge in [-0.05, 0) is 48.0 Å². The summed E-state index contributed by atoms with van der Waals surface area (Å²) in [5.74, 6) is -1.72. The van der Waals surface area contributed by atoms with E-state index in [0.29, 0.717) is 24.8 Å². The van der Waals surface area contributed by atoms with Crippen LogP contribution in [0.2, 0.25) is 0 Å². The van der Waals surface area contributed by atoms with Gasteiger partial charge >= 0.3 is 5.97 Å². The molecule has 156 valence electrons. The minimum Gasteiger partial charge on any atom is -0.459 e. The fraction of sp³-hybridized carbons (Fsp3) is 0.818. The van der Waals surface area contributed by atoms with E-state index in [0.717, 1.165) is 0 Å². The third-order valence-electron chi connectivity index (χ3n) is 8.75. The predicted molar refractivity (Wildman–Crippen MR) is 101 cm³/mol. The smallest absolute Gasteiger partial charge is 0.303 e. The van der Waals surface area contributed by atoms with Crippen LogP contribution in [0.1, 0.15) is 53.4 Å². The predicted octanol–water partition coefficient (Wildman–Crippen LogP) is 1.61. The highest BCUT2D eigenvalue weighted by atomic mass is 16.6. The maximum Gasteiger partial charge on any atom is 0.303 e. The topological polar surface area (TPSA) is 104 Å². The average Bonchev–Trinajstić information content (AvgIpc) is 2.78. The largest absolute Gasteiger partial charge is 0.459 e. The van der Waals surface area contributed by atoms with Crippen molar-refractivity contribution >= 4 is 11.8 Å². The Bertz CT molecular complexity index is 743. The third-order valence-corrected chi connectivity index (χ3v) is 8.75. The quantitative estimate of drug-likeness (QED) is 0.463. The molecule has 4 aliphatic rings. The molecule has 0 aromatic carbocycles. The zero-order valence-corrected chi connectivity index (χ0v) is 17.1. The van der Waals surface area contributed by atoms with E-state index < -0.39 is 58.5 Å². The summed E-state index contributed by atoms with van der Waals surface area (Å²) in [4.78, 5) is 25.3. The summed E-state index contributed by atoms with van der Waals surface area (Å²) in [5, 5.41) is 33.0. The molecule has 4 aliphatic carbocycles. The van der Waals surface area contributed by atoms with Gasteiger partial charge in [-0.3, -0.25) is 9.59 Å². The summed E-state index contributed by atoms with van der Waals surface area (Å²) in [6.45, 7) is 11.2. The molecule has 3 N–H and O–H groups in total. The number of aliphatic hydroxyl groups excluding tert-OH is 3. The molecule has 0 heterocycles. The Labute approximate surface area is 166 Å². The van der Waals surface area contributed by atoms with Crippen LogP contribution in [0.4, 0.5) is 0 Å². The minimum atomic E-state index is -0.983. The van der Waals surface area contributed by atoms with Gasteiger partial charge in [0.15, 0.2) is 5.78 Å². The minimum absolute atomic E-state index is 0.0983. The zero-order valence-electron chi connectivity index (χ0n) is 17.1. The average molecular weight is 392 g/mol. The Morgan fingerprint density at radius 1 is 1.14 bits per heavy atom. The highest BCUT2D eigenvalue weighted by Crippen LogP contribution is 2.71. The van der Waals surface area contributed by atoms with Crippen molar-refractivity contribution in [3.8, 4) is 0 Å². The number of aliphatic hydroxyl groups is 3. The van der Waals surface area contributed by atoms with E-state index in [2.05, 4.69) is 6.58 Å². The molecule has 0 amide bonds. The third kappa shape index (κ3) is 2.25. The monoisotopic (exact) mass is 392 g/mol. The summed E-state index contributed by atoms with van der Waals surface area (Å²) in [7, 11) is 0. The Hall–Kier alpha value is -1.24. The molecule has 2 bridgehead atoms. The number of rotatable bonds is 1. The highest BCUT2D eigenvalue weighted by Gasteiger charge is 2.74. The van der Waals surface area contributed by atoms with Crippen LogP contribution in [0, 0.1) is 34.0 Å². The molecule has 1 unspecified atom stereocenters. The number of ketones is 1. The number of hydrogen-bond donors (Lipinski definition) is 3. The number of carbonyl (C=O) groups excluding carboxylic acids is 2. The van der Waals surface area contributed by atoms with Gasteiger partial charge in [0.1, 0.15) is 6.10 Å². The lowest BCUT2D eigenvalue weighted by atomic mass is 9.39. The summed E-state index contributed by atoms with van der Waals surface area (Å²) < 4.78 is 5.66. The summed E-state index contributed by atoms with van der Waals surface area (Å²) in [6.07, 6.45) is -1.27. The summed E-state index contributed by atoms with van der Waals surface area (Å²) in [6, 6.07) is 0. The van der Waals surface area contributed by atoms with Gasteiger partial charge in [-0.1, -0.05) is 27.4 Å². The number of fused-ring (bicyclic) bond motifs is 3. The van der Waals surface area contributed by atoms with E-state index >= 15 is 0 Å². The second kappa shape index (κ2) is 5.89. The SMILES string of the molecule is C=C1C(=O)[C@]23C[C@H]1[C@@H](O)[C@@H](OC(C)=O)[C@H]2C1(C)CC[C@H](O)C(C)(C)[C@H]1[C@@H](O)C3. The Morgan fingerprint density at radius 2 is 1.79 bits per heavy atom. The molecule has 28 heavy (non-hydrogen) atoms. The normalized spacial score (nSPS) is 52.0. The lowest BCUT2D eigenvalue weighted by Crippen LogP contribution is -2.69. The van der Waals surface area contributed by atoms with E-state index in [4.69, 9.17) is 4.74 Å². The van der Waals surface area contributed by atoms with E-state index in [1.165, 1.54) is 6.92 Å². The van der Waals surface area contributed by atoms with Gasteiger partial charge in [0, 0.05) is 24.2 Å². The van der Waals surface area contributed by atoms with Crippen LogP contribution in [0.15, 0.2) is 12.2 Å². The van der Waals surface area contributed by atoms with Crippen LogP contribution in [0.25, 0.3) is 0 Å². The standard InChI is InChI=1S/C22H32O6/c1-10-12-8-22(19(10)27)9-13(24)17-20(3,4)14(25)6-7-21(17,5)18(22)16(15(12)26)28-11(2)23/h12-18,24-26H,1,6-9H2,2-5H3/t12-,13+,14+,15-,16-,17-,18+,21?,22+/m1/s1. The molecule has 0 aromatic heterocycles. The van der Waals surface area contributed by atoms with Gasteiger partial charge in [-0.2, -0.15) is 0 Å². The first-order valence-electron chi connectivity index (χ1n) is 10.3. The van der Waals surface area contributed by atoms with Gasteiger partial charge in [0.2, 0.25) is 0 Å². The van der Waals surface area contributed by atoms with Crippen molar-refractivity contribution in [3.05, 3.63) is 12.2 Å². The summed E-state index contributed by atoms with van der Waals surface area (Å²) >= 11 is 0. The first-order valence-corrected chi connectivity index (χ1v) is 10.3. The first kappa shape index (κ1) is 20.0. The van der Waals surface area contributed by atoms with E-state index in [1.54, 1.807) is 0 Å². The second-order valence-corrected chi connectivity index (χ2v) is 10.5. The van der Waals surface area contributed by atoms with Gasteiger partial charge < -0.3 is 20.1 Å². The van der Waals surface area contributed by atoms with Crippen LogP contribution in [0.5, 0.6) is 0 Å². The highest BCUT2D eigenvalue weighted by molar-refractivity contribution is 6.03. The fourth-order valence-corrected chi connectivity index (χ4v) is 7.88. The van der Waals surface area contributed by atoms with Crippen LogP contribution in [-0.4, -0.2) is 51.5 Å². The molecule has 0 saturated heterocycles. The molecule has 6 heteroatoms. The van der Waals surface area contributed by atoms with Gasteiger partial charge in [-0.25, -0.2) is 0 Å². The van der Waals surface area contributed by atoms with Crippen molar-refractivity contribution in [2.45, 2.75) is 77.8 Å². The molecule has 0 aliphatic heterocycles. The first-order chi connectivity index (χ1) is 12.9. The van der Waals surface area contributed by atoms with Gasteiger partial charge in [0.25, 0.3) is 0 Å². The van der Waals surface area contributed by atoms with Gasteiger partial charge in [-0.15, -0.1) is 0 Å². The van der Waals surface area contributed by atoms with Crippen molar-refractivity contribution in [1.29, 1.82) is 0 Å². The Kier molecular flexibility index (Phi) is 4.22. The maximum absolute atomic E-state index is 13.4. The molecule has 4 saturated carbocycles. The molecule has 0 radical (unpaired) electrons. The number of esters is 1. The van der Waals surface area contributed by atoms with Crippen molar-refractivity contribution in [3.63, 3.8) is 0 Å². The number of carbonyl (C=O) groups is 2. The molecule has 4 rings (SSSR count). The van der Waals surface area contributed by atoms with Crippen molar-refractivity contribution in [1.82, 2.24) is 0 Å². The molecule has 9 atom stereocenters. The van der Waals surface area contributed by atoms with Crippen LogP contribution >= 0.6 is 0 Å². The molecule has 1 spiro atoms. The number of ether oxygens (including phenoxy) is 1. The molecule has 0 aromatic rings. The van der Waals surface area contributed by atoms with Crippen LogP contribution in [0.3, 0.4) is 0 Å². The van der Waals surface area contributed by atoms with Crippen molar-refractivity contribution in [2.24, 2.45) is 34.0 Å². The van der Waals surface area contributed by atoms with Crippen LogP contribution in [-0.2, 0) is 14.3 Å². The second-order valence-electron chi connectivity index (χ2n) is 10.5.